The summed E-state index contributed by atoms with van der Waals surface area (Å²) in [5.74, 6) is -1.81. The van der Waals surface area contributed by atoms with Crippen LogP contribution in [0.1, 0.15) is 46.0 Å². The molecule has 1 aromatic carbocycles. The van der Waals surface area contributed by atoms with E-state index in [0.717, 1.165) is 5.39 Å². The van der Waals surface area contributed by atoms with Crippen LogP contribution in [0.25, 0.3) is 10.8 Å². The summed E-state index contributed by atoms with van der Waals surface area (Å²) in [6.45, 7) is 6.93. The quantitative estimate of drug-likeness (QED) is 0.292. The second-order valence-electron chi connectivity index (χ2n) is 11.5. The standard InChI is InChI=1S/C30H37N5O8S/c1-5-19-15-30(19,29(39)34-44(40,41)22-8-9-22)33-26(37)24-14-21(16-35(24)28(38)17(3)32-25(36)6-2)43-27-23-10-7-20(42-4)13-18(23)11-12-31-27/h5,7,10-13,17,19,21-22,24H,1,6,8-9,14-16H2,2-4H3,(H,32,36)(H,33,37)(H,34,39)/t17-,19-,21?,24?,30-/m1/s1. The van der Waals surface area contributed by atoms with Crippen LogP contribution < -0.4 is 24.8 Å². The molecule has 5 atom stereocenters. The van der Waals surface area contributed by atoms with Crippen LogP contribution in [0.5, 0.6) is 11.6 Å². The van der Waals surface area contributed by atoms with Gasteiger partial charge in [0.1, 0.15) is 29.5 Å². The smallest absolute Gasteiger partial charge is 0.259 e. The highest BCUT2D eigenvalue weighted by atomic mass is 32.2. The van der Waals surface area contributed by atoms with Crippen LogP contribution in [-0.2, 0) is 29.2 Å². The number of rotatable bonds is 12. The molecular weight excluding hydrogens is 590 g/mol. The molecule has 1 saturated heterocycles. The zero-order chi connectivity index (χ0) is 31.8. The zero-order valence-corrected chi connectivity index (χ0v) is 25.7. The van der Waals surface area contributed by atoms with Gasteiger partial charge in [0, 0.05) is 30.3 Å². The van der Waals surface area contributed by atoms with Crippen molar-refractivity contribution in [1.29, 1.82) is 0 Å². The Morgan fingerprint density at radius 2 is 1.98 bits per heavy atom. The minimum atomic E-state index is -3.86. The molecule has 1 aromatic heterocycles. The van der Waals surface area contributed by atoms with Crippen LogP contribution in [-0.4, -0.2) is 84.6 Å². The molecule has 0 radical (unpaired) electrons. The summed E-state index contributed by atoms with van der Waals surface area (Å²) in [6, 6.07) is 5.23. The Morgan fingerprint density at radius 1 is 1.23 bits per heavy atom. The lowest BCUT2D eigenvalue weighted by atomic mass is 10.1. The number of benzene rings is 1. The molecule has 2 unspecified atom stereocenters. The number of methoxy groups -OCH3 is 1. The number of hydrogen-bond acceptors (Lipinski definition) is 9. The number of nitrogens with one attached hydrogen (secondary N) is 3. The number of sulfonamides is 1. The van der Waals surface area contributed by atoms with Crippen molar-refractivity contribution in [1.82, 2.24) is 25.2 Å². The summed E-state index contributed by atoms with van der Waals surface area (Å²) in [5.41, 5.74) is -1.51. The van der Waals surface area contributed by atoms with E-state index in [1.165, 1.54) is 17.9 Å². The maximum absolute atomic E-state index is 13.8. The highest BCUT2D eigenvalue weighted by Crippen LogP contribution is 2.45. The fourth-order valence-corrected chi connectivity index (χ4v) is 6.92. The van der Waals surface area contributed by atoms with Crippen molar-refractivity contribution in [2.45, 2.75) is 74.9 Å². The van der Waals surface area contributed by atoms with Gasteiger partial charge >= 0.3 is 0 Å². The second kappa shape index (κ2) is 12.1. The van der Waals surface area contributed by atoms with Gasteiger partial charge in [-0.2, -0.15) is 0 Å². The van der Waals surface area contributed by atoms with Gasteiger partial charge in [-0.05, 0) is 55.8 Å². The molecule has 1 aliphatic heterocycles. The molecule has 14 heteroatoms. The van der Waals surface area contributed by atoms with E-state index >= 15 is 0 Å². The van der Waals surface area contributed by atoms with Crippen molar-refractivity contribution in [3.8, 4) is 11.6 Å². The molecule has 0 bridgehead atoms. The van der Waals surface area contributed by atoms with Crippen LogP contribution >= 0.6 is 0 Å². The van der Waals surface area contributed by atoms with Gasteiger partial charge in [0.15, 0.2) is 0 Å². The van der Waals surface area contributed by atoms with Gasteiger partial charge < -0.3 is 25.0 Å². The molecular formula is C30H37N5O8S. The largest absolute Gasteiger partial charge is 0.497 e. The van der Waals surface area contributed by atoms with Crippen LogP contribution in [0, 0.1) is 5.92 Å². The number of carbonyl (C=O) groups is 4. The number of amides is 4. The van der Waals surface area contributed by atoms with Crippen molar-refractivity contribution in [2.24, 2.45) is 5.92 Å². The normalized spacial score (nSPS) is 25.1. The van der Waals surface area contributed by atoms with E-state index in [4.69, 9.17) is 9.47 Å². The first-order valence-corrected chi connectivity index (χ1v) is 16.2. The van der Waals surface area contributed by atoms with Crippen molar-refractivity contribution in [3.63, 3.8) is 0 Å². The minimum Gasteiger partial charge on any atom is -0.497 e. The number of ether oxygens (including phenoxy) is 2. The summed E-state index contributed by atoms with van der Waals surface area (Å²) >= 11 is 0. The molecule has 2 heterocycles. The molecule has 3 fully saturated rings. The Morgan fingerprint density at radius 3 is 2.61 bits per heavy atom. The van der Waals surface area contributed by atoms with Crippen LogP contribution in [0.15, 0.2) is 43.1 Å². The number of fused-ring (bicyclic) bond motifs is 1. The zero-order valence-electron chi connectivity index (χ0n) is 24.9. The van der Waals surface area contributed by atoms with E-state index < -0.39 is 62.6 Å². The lowest BCUT2D eigenvalue weighted by Gasteiger charge is -2.28. The Balaban J connectivity index is 1.38. The molecule has 5 rings (SSSR count). The first-order chi connectivity index (χ1) is 20.9. The number of likely N-dealkylation sites (tertiary alicyclic amines) is 1. The number of nitrogens with zero attached hydrogens (tertiary/aromatic N) is 2. The maximum Gasteiger partial charge on any atom is 0.259 e. The Labute approximate surface area is 255 Å². The minimum absolute atomic E-state index is 0.0115. The van der Waals surface area contributed by atoms with Gasteiger partial charge in [0.25, 0.3) is 5.91 Å². The van der Waals surface area contributed by atoms with E-state index in [9.17, 15) is 27.6 Å². The second-order valence-corrected chi connectivity index (χ2v) is 13.5. The van der Waals surface area contributed by atoms with Crippen LogP contribution in [0.2, 0.25) is 0 Å². The molecule has 2 aromatic rings. The van der Waals surface area contributed by atoms with E-state index in [2.05, 4.69) is 26.9 Å². The van der Waals surface area contributed by atoms with Gasteiger partial charge in [-0.15, -0.1) is 6.58 Å². The summed E-state index contributed by atoms with van der Waals surface area (Å²) in [5, 5.41) is 6.29. The first kappa shape index (κ1) is 31.2. The van der Waals surface area contributed by atoms with Crippen LogP contribution in [0.3, 0.4) is 0 Å². The third kappa shape index (κ3) is 6.21. The van der Waals surface area contributed by atoms with Crippen LogP contribution in [0.4, 0.5) is 0 Å². The van der Waals surface area contributed by atoms with Crippen molar-refractivity contribution in [2.75, 3.05) is 13.7 Å². The summed E-state index contributed by atoms with van der Waals surface area (Å²) in [6.07, 6.45) is 3.78. The van der Waals surface area contributed by atoms with Gasteiger partial charge in [0.2, 0.25) is 33.6 Å². The highest BCUT2D eigenvalue weighted by Gasteiger charge is 2.62. The average Bonchev–Trinajstić information content (AvgIpc) is 3.93. The van der Waals surface area contributed by atoms with E-state index in [0.29, 0.717) is 29.9 Å². The summed E-state index contributed by atoms with van der Waals surface area (Å²) in [7, 11) is -2.29. The lowest BCUT2D eigenvalue weighted by molar-refractivity contribution is -0.142. The SMILES string of the molecule is C=C[C@@H]1C[C@]1(NC(=O)C1CC(Oc2nccc3cc(OC)ccc23)CN1C(=O)[C@@H](C)NC(=O)CC)C(=O)NS(=O)(=O)C1CC1. The van der Waals surface area contributed by atoms with Gasteiger partial charge in [0.05, 0.1) is 18.9 Å². The monoisotopic (exact) mass is 627 g/mol. The third-order valence-electron chi connectivity index (χ3n) is 8.38. The third-order valence-corrected chi connectivity index (χ3v) is 10.2. The lowest BCUT2D eigenvalue weighted by Crippen LogP contribution is -2.58. The van der Waals surface area contributed by atoms with E-state index in [-0.39, 0.29) is 31.7 Å². The Kier molecular flexibility index (Phi) is 8.56. The van der Waals surface area contributed by atoms with E-state index in [1.54, 1.807) is 26.3 Å². The molecule has 3 N–H and O–H groups in total. The number of carbonyl (C=O) groups excluding carboxylic acids is 4. The van der Waals surface area contributed by atoms with Crippen molar-refractivity contribution in [3.05, 3.63) is 43.1 Å². The number of hydrogen-bond donors (Lipinski definition) is 3. The molecule has 0 spiro atoms. The Hall–Kier alpha value is -4.20. The van der Waals surface area contributed by atoms with Gasteiger partial charge in [-0.25, -0.2) is 13.4 Å². The molecule has 2 saturated carbocycles. The molecule has 3 aliphatic rings. The number of aromatic nitrogens is 1. The molecule has 2 aliphatic carbocycles. The first-order valence-electron chi connectivity index (χ1n) is 14.6. The predicted molar refractivity (Wildman–Crippen MR) is 160 cm³/mol. The van der Waals surface area contributed by atoms with E-state index in [1.807, 2.05) is 18.2 Å². The van der Waals surface area contributed by atoms with Gasteiger partial charge in [-0.3, -0.25) is 23.9 Å². The molecule has 44 heavy (non-hydrogen) atoms. The molecule has 236 valence electrons. The Bertz CT molecular complexity index is 1610. The van der Waals surface area contributed by atoms with Crippen molar-refractivity contribution < 1.29 is 37.1 Å². The topological polar surface area (TPSA) is 173 Å². The summed E-state index contributed by atoms with van der Waals surface area (Å²) < 4.78 is 38.7. The fraction of sp³-hybridized carbons (Fsp3) is 0.500. The summed E-state index contributed by atoms with van der Waals surface area (Å²) in [4.78, 5) is 58.4. The van der Waals surface area contributed by atoms with Crippen molar-refractivity contribution >= 4 is 44.4 Å². The molecule has 13 nitrogen and oxygen atoms in total. The highest BCUT2D eigenvalue weighted by molar-refractivity contribution is 7.91. The maximum atomic E-state index is 13.8. The predicted octanol–water partition coefficient (Wildman–Crippen LogP) is 1.18. The van der Waals surface area contributed by atoms with Gasteiger partial charge in [-0.1, -0.05) is 13.0 Å². The molecule has 4 amide bonds. The number of pyridine rings is 1. The average molecular weight is 628 g/mol. The fourth-order valence-electron chi connectivity index (χ4n) is 5.56.